The molecule has 5 rings (SSSR count). The van der Waals surface area contributed by atoms with Crippen molar-refractivity contribution in [2.75, 3.05) is 18.5 Å². The summed E-state index contributed by atoms with van der Waals surface area (Å²) in [5.74, 6) is -1.33. The molecule has 1 heterocycles. The van der Waals surface area contributed by atoms with E-state index in [0.717, 1.165) is 22.3 Å². The predicted molar refractivity (Wildman–Crippen MR) is 132 cm³/mol. The van der Waals surface area contributed by atoms with E-state index in [2.05, 4.69) is 29.6 Å². The fourth-order valence-corrected chi connectivity index (χ4v) is 5.11. The number of nitrogens with zero attached hydrogens (tertiary/aromatic N) is 1. The number of carbonyl (C=O) groups is 3. The van der Waals surface area contributed by atoms with E-state index in [1.165, 1.54) is 4.90 Å². The van der Waals surface area contributed by atoms with Crippen LogP contribution < -0.4 is 5.32 Å². The molecule has 1 aliphatic carbocycles. The molecule has 178 valence electrons. The van der Waals surface area contributed by atoms with Gasteiger partial charge in [-0.25, -0.2) is 9.59 Å². The number of benzene rings is 3. The fraction of sp³-hybridized carbons (Fsp3) is 0.250. The van der Waals surface area contributed by atoms with Gasteiger partial charge in [0.05, 0.1) is 0 Å². The van der Waals surface area contributed by atoms with Gasteiger partial charge >= 0.3 is 12.1 Å². The highest BCUT2D eigenvalue weighted by Crippen LogP contribution is 2.44. The highest BCUT2D eigenvalue weighted by Gasteiger charge is 2.34. The SMILES string of the molecule is Cc1cc(C(=O)N2CCC[C@@H]2C(=O)O)ccc1NC(=O)OCC1c2ccccc2-c2ccccc21. The number of amides is 2. The molecule has 3 aromatic rings. The fourth-order valence-electron chi connectivity index (χ4n) is 5.11. The molecular formula is C28H26N2O5. The molecule has 2 aliphatic rings. The third-order valence-corrected chi connectivity index (χ3v) is 6.85. The first kappa shape index (κ1) is 22.7. The average molecular weight is 471 g/mol. The van der Waals surface area contributed by atoms with Crippen molar-refractivity contribution < 1.29 is 24.2 Å². The van der Waals surface area contributed by atoms with E-state index in [1.54, 1.807) is 25.1 Å². The van der Waals surface area contributed by atoms with Crippen LogP contribution in [0.4, 0.5) is 10.5 Å². The quantitative estimate of drug-likeness (QED) is 0.544. The van der Waals surface area contributed by atoms with E-state index in [1.807, 2.05) is 24.3 Å². The molecule has 0 aromatic heterocycles. The minimum Gasteiger partial charge on any atom is -0.480 e. The van der Waals surface area contributed by atoms with E-state index in [9.17, 15) is 19.5 Å². The molecule has 0 bridgehead atoms. The minimum atomic E-state index is -0.985. The number of hydrogen-bond acceptors (Lipinski definition) is 4. The van der Waals surface area contributed by atoms with Crippen LogP contribution in [0, 0.1) is 6.92 Å². The second kappa shape index (κ2) is 9.25. The molecular weight excluding hydrogens is 444 g/mol. The number of likely N-dealkylation sites (tertiary alicyclic amines) is 1. The maximum absolute atomic E-state index is 12.8. The summed E-state index contributed by atoms with van der Waals surface area (Å²) in [7, 11) is 0. The Morgan fingerprint density at radius 2 is 1.66 bits per heavy atom. The smallest absolute Gasteiger partial charge is 0.411 e. The Labute approximate surface area is 203 Å². The number of carbonyl (C=O) groups excluding carboxylic acids is 2. The predicted octanol–water partition coefficient (Wildman–Crippen LogP) is 5.05. The summed E-state index contributed by atoms with van der Waals surface area (Å²) < 4.78 is 5.61. The lowest BCUT2D eigenvalue weighted by atomic mass is 9.98. The second-order valence-corrected chi connectivity index (χ2v) is 8.98. The van der Waals surface area contributed by atoms with Crippen LogP contribution >= 0.6 is 0 Å². The number of aryl methyl sites for hydroxylation is 1. The van der Waals surface area contributed by atoms with Gasteiger partial charge in [-0.05, 0) is 65.8 Å². The highest BCUT2D eigenvalue weighted by molar-refractivity contribution is 5.98. The Hall–Kier alpha value is -4.13. The summed E-state index contributed by atoms with van der Waals surface area (Å²) in [6, 6.07) is 20.4. The molecule has 35 heavy (non-hydrogen) atoms. The van der Waals surface area contributed by atoms with Crippen molar-refractivity contribution in [3.8, 4) is 11.1 Å². The van der Waals surface area contributed by atoms with Crippen molar-refractivity contribution in [1.82, 2.24) is 4.90 Å². The molecule has 7 heteroatoms. The number of rotatable bonds is 5. The van der Waals surface area contributed by atoms with Gasteiger partial charge in [-0.2, -0.15) is 0 Å². The Bertz CT molecular complexity index is 1270. The minimum absolute atomic E-state index is 0.0307. The second-order valence-electron chi connectivity index (χ2n) is 8.98. The molecule has 7 nitrogen and oxygen atoms in total. The largest absolute Gasteiger partial charge is 0.480 e. The summed E-state index contributed by atoms with van der Waals surface area (Å²) >= 11 is 0. The molecule has 2 amide bonds. The summed E-state index contributed by atoms with van der Waals surface area (Å²) in [6.45, 7) is 2.42. The number of ether oxygens (including phenoxy) is 1. The Morgan fingerprint density at radius 1 is 1.00 bits per heavy atom. The molecule has 1 atom stereocenters. The molecule has 1 fully saturated rings. The maximum Gasteiger partial charge on any atom is 0.411 e. The van der Waals surface area contributed by atoms with E-state index >= 15 is 0 Å². The normalized spacial score (nSPS) is 16.5. The lowest BCUT2D eigenvalue weighted by Gasteiger charge is -2.22. The Kier molecular flexibility index (Phi) is 5.99. The third-order valence-electron chi connectivity index (χ3n) is 6.85. The zero-order chi connectivity index (χ0) is 24.5. The number of anilines is 1. The van der Waals surface area contributed by atoms with Gasteiger partial charge in [-0.1, -0.05) is 48.5 Å². The number of nitrogens with one attached hydrogen (secondary N) is 1. The molecule has 3 aromatic carbocycles. The number of aliphatic carboxylic acids is 1. The van der Waals surface area contributed by atoms with Gasteiger partial charge in [-0.15, -0.1) is 0 Å². The first-order valence-electron chi connectivity index (χ1n) is 11.7. The van der Waals surface area contributed by atoms with E-state index < -0.39 is 18.1 Å². The van der Waals surface area contributed by atoms with Crippen LogP contribution in [-0.2, 0) is 9.53 Å². The topological polar surface area (TPSA) is 95.9 Å². The van der Waals surface area contributed by atoms with Crippen LogP contribution in [-0.4, -0.2) is 47.2 Å². The lowest BCUT2D eigenvalue weighted by Crippen LogP contribution is -2.40. The van der Waals surface area contributed by atoms with Crippen LogP contribution in [0.2, 0.25) is 0 Å². The summed E-state index contributed by atoms with van der Waals surface area (Å²) in [5.41, 5.74) is 6.23. The van der Waals surface area contributed by atoms with Crippen LogP contribution in [0.25, 0.3) is 11.1 Å². The summed E-state index contributed by atoms with van der Waals surface area (Å²) in [4.78, 5) is 38.3. The molecule has 0 unspecified atom stereocenters. The van der Waals surface area contributed by atoms with Gasteiger partial charge in [0.25, 0.3) is 5.91 Å². The third kappa shape index (κ3) is 4.25. The van der Waals surface area contributed by atoms with Crippen molar-refractivity contribution in [2.24, 2.45) is 0 Å². The van der Waals surface area contributed by atoms with Crippen LogP contribution in [0.1, 0.15) is 45.8 Å². The van der Waals surface area contributed by atoms with E-state index in [0.29, 0.717) is 36.2 Å². The van der Waals surface area contributed by atoms with Gasteiger partial charge in [-0.3, -0.25) is 10.1 Å². The van der Waals surface area contributed by atoms with Gasteiger partial charge < -0.3 is 14.7 Å². The first-order chi connectivity index (χ1) is 16.9. The van der Waals surface area contributed by atoms with Crippen molar-refractivity contribution in [3.63, 3.8) is 0 Å². The van der Waals surface area contributed by atoms with E-state index in [4.69, 9.17) is 4.74 Å². The lowest BCUT2D eigenvalue weighted by molar-refractivity contribution is -0.141. The number of carboxylic acid groups (broad SMARTS) is 1. The van der Waals surface area contributed by atoms with Crippen LogP contribution in [0.15, 0.2) is 66.7 Å². The molecule has 1 aliphatic heterocycles. The highest BCUT2D eigenvalue weighted by atomic mass is 16.5. The van der Waals surface area contributed by atoms with Crippen molar-refractivity contribution in [3.05, 3.63) is 89.0 Å². The van der Waals surface area contributed by atoms with Crippen molar-refractivity contribution >= 4 is 23.7 Å². The number of fused-ring (bicyclic) bond motifs is 3. The standard InChI is InChI=1S/C28H26N2O5/c1-17-15-18(26(31)30-14-6-11-25(30)27(32)33)12-13-24(17)29-28(34)35-16-23-21-9-4-2-7-19(21)20-8-3-5-10-22(20)23/h2-5,7-10,12-13,15,23,25H,6,11,14,16H2,1H3,(H,29,34)(H,32,33)/t25-/m1/s1. The Balaban J connectivity index is 1.25. The number of carboxylic acids is 1. The summed E-state index contributed by atoms with van der Waals surface area (Å²) in [6.07, 6.45) is 0.560. The van der Waals surface area contributed by atoms with Gasteiger partial charge in [0.15, 0.2) is 0 Å². The Morgan fingerprint density at radius 3 is 2.29 bits per heavy atom. The molecule has 0 radical (unpaired) electrons. The molecule has 0 spiro atoms. The van der Waals surface area contributed by atoms with Gasteiger partial charge in [0.2, 0.25) is 0 Å². The number of hydrogen-bond donors (Lipinski definition) is 2. The van der Waals surface area contributed by atoms with Gasteiger partial charge in [0, 0.05) is 23.7 Å². The zero-order valence-corrected chi connectivity index (χ0v) is 19.4. The van der Waals surface area contributed by atoms with Crippen LogP contribution in [0.5, 0.6) is 0 Å². The van der Waals surface area contributed by atoms with Crippen molar-refractivity contribution in [1.29, 1.82) is 0 Å². The summed E-state index contributed by atoms with van der Waals surface area (Å²) in [5, 5.41) is 12.1. The molecule has 0 saturated carbocycles. The van der Waals surface area contributed by atoms with Gasteiger partial charge in [0.1, 0.15) is 12.6 Å². The van der Waals surface area contributed by atoms with Crippen molar-refractivity contribution in [2.45, 2.75) is 31.7 Å². The van der Waals surface area contributed by atoms with Crippen LogP contribution in [0.3, 0.4) is 0 Å². The monoisotopic (exact) mass is 470 g/mol. The first-order valence-corrected chi connectivity index (χ1v) is 11.7. The zero-order valence-electron chi connectivity index (χ0n) is 19.4. The maximum atomic E-state index is 12.8. The average Bonchev–Trinajstić information content (AvgIpc) is 3.47. The molecule has 1 saturated heterocycles. The molecule has 2 N–H and O–H groups in total. The van der Waals surface area contributed by atoms with E-state index in [-0.39, 0.29) is 18.4 Å².